The highest BCUT2D eigenvalue weighted by Gasteiger charge is 2.04. The van der Waals surface area contributed by atoms with Gasteiger partial charge in [-0.3, -0.25) is 0 Å². The molecule has 1 unspecified atom stereocenters. The van der Waals surface area contributed by atoms with Crippen LogP contribution in [-0.4, -0.2) is 4.98 Å². The minimum atomic E-state index is 0.588. The Morgan fingerprint density at radius 2 is 2.21 bits per heavy atom. The van der Waals surface area contributed by atoms with Gasteiger partial charge in [0.05, 0.1) is 0 Å². The van der Waals surface area contributed by atoms with Crippen molar-refractivity contribution in [2.24, 2.45) is 5.92 Å². The van der Waals surface area contributed by atoms with Crippen molar-refractivity contribution in [2.75, 3.05) is 5.32 Å². The molecule has 19 heavy (non-hydrogen) atoms. The Hall–Kier alpha value is -1.83. The number of aryl methyl sites for hydroxylation is 1. The monoisotopic (exact) mass is 256 g/mol. The Balaban J connectivity index is 2.56. The number of aromatic nitrogens is 1. The number of allylic oxidation sites excluding steroid dienone is 3. The van der Waals surface area contributed by atoms with Gasteiger partial charge < -0.3 is 5.32 Å². The summed E-state index contributed by atoms with van der Waals surface area (Å²) in [4.78, 5) is 4.40. The van der Waals surface area contributed by atoms with Gasteiger partial charge in [0.2, 0.25) is 0 Å². The lowest BCUT2D eigenvalue weighted by Gasteiger charge is -2.12. The van der Waals surface area contributed by atoms with Gasteiger partial charge in [0.1, 0.15) is 5.82 Å². The lowest BCUT2D eigenvalue weighted by Crippen LogP contribution is -1.99. The zero-order valence-corrected chi connectivity index (χ0v) is 12.2. The molecule has 0 saturated heterocycles. The molecule has 0 aliphatic carbocycles. The second kappa shape index (κ2) is 7.57. The van der Waals surface area contributed by atoms with E-state index in [4.69, 9.17) is 0 Å². The van der Waals surface area contributed by atoms with Crippen LogP contribution in [-0.2, 0) is 0 Å². The minimum Gasteiger partial charge on any atom is -0.346 e. The largest absolute Gasteiger partial charge is 0.346 e. The van der Waals surface area contributed by atoms with Gasteiger partial charge in [0, 0.05) is 11.9 Å². The molecule has 2 heteroatoms. The first-order chi connectivity index (χ1) is 9.02. The fraction of sp³-hybridized carbons (Fsp3) is 0.353. The number of nitrogens with one attached hydrogen (secondary N) is 1. The van der Waals surface area contributed by atoms with Crippen molar-refractivity contribution in [1.29, 1.82) is 0 Å². The topological polar surface area (TPSA) is 24.9 Å². The Bertz CT molecular complexity index is 472. The van der Waals surface area contributed by atoms with E-state index < -0.39 is 0 Å². The average Bonchev–Trinajstić information content (AvgIpc) is 2.36. The van der Waals surface area contributed by atoms with E-state index in [0.29, 0.717) is 5.92 Å². The van der Waals surface area contributed by atoms with E-state index >= 15 is 0 Å². The molecule has 0 fully saturated rings. The van der Waals surface area contributed by atoms with Gasteiger partial charge in [-0.15, -0.1) is 6.58 Å². The summed E-state index contributed by atoms with van der Waals surface area (Å²) in [5.74, 6) is 1.46. The Labute approximate surface area is 117 Å². The van der Waals surface area contributed by atoms with Gasteiger partial charge in [0.15, 0.2) is 0 Å². The average molecular weight is 256 g/mol. The van der Waals surface area contributed by atoms with Gasteiger partial charge in [-0.05, 0) is 50.3 Å². The van der Waals surface area contributed by atoms with Crippen LogP contribution in [0.15, 0.2) is 54.8 Å². The van der Waals surface area contributed by atoms with Crippen LogP contribution in [0.3, 0.4) is 0 Å². The van der Waals surface area contributed by atoms with Crippen LogP contribution in [0.1, 0.15) is 32.4 Å². The third-order valence-corrected chi connectivity index (χ3v) is 3.05. The van der Waals surface area contributed by atoms with Crippen LogP contribution < -0.4 is 5.32 Å². The van der Waals surface area contributed by atoms with Crippen molar-refractivity contribution in [3.8, 4) is 0 Å². The van der Waals surface area contributed by atoms with Crippen LogP contribution in [0.25, 0.3) is 0 Å². The second-order valence-corrected chi connectivity index (χ2v) is 5.07. The maximum Gasteiger partial charge on any atom is 0.130 e. The van der Waals surface area contributed by atoms with Crippen molar-refractivity contribution >= 4 is 5.82 Å². The molecule has 1 atom stereocenters. The van der Waals surface area contributed by atoms with Crippen molar-refractivity contribution < 1.29 is 0 Å². The molecule has 0 amide bonds. The van der Waals surface area contributed by atoms with Crippen LogP contribution >= 0.6 is 0 Å². The molecule has 0 saturated carbocycles. The predicted octanol–water partition coefficient (Wildman–Crippen LogP) is 4.86. The number of hydrogen-bond acceptors (Lipinski definition) is 2. The molecular weight excluding hydrogens is 232 g/mol. The predicted molar refractivity (Wildman–Crippen MR) is 84.1 cm³/mol. The highest BCUT2D eigenvalue weighted by atomic mass is 15.0. The van der Waals surface area contributed by atoms with Crippen LogP contribution in [0.4, 0.5) is 5.82 Å². The maximum atomic E-state index is 4.40. The number of pyridine rings is 1. The Morgan fingerprint density at radius 3 is 2.84 bits per heavy atom. The third kappa shape index (κ3) is 5.56. The molecular formula is C17H24N2. The number of nitrogens with zero attached hydrogens (tertiary/aromatic N) is 1. The SMILES string of the molecule is C=CCC(C)CC(=C)/C(C)=C\Nc1cccc(C)n1. The van der Waals surface area contributed by atoms with Gasteiger partial charge in [-0.2, -0.15) is 0 Å². The third-order valence-electron chi connectivity index (χ3n) is 3.05. The van der Waals surface area contributed by atoms with Crippen molar-refractivity contribution in [3.63, 3.8) is 0 Å². The minimum absolute atomic E-state index is 0.588. The van der Waals surface area contributed by atoms with Crippen molar-refractivity contribution in [3.05, 3.63) is 60.5 Å². The highest BCUT2D eigenvalue weighted by molar-refractivity contribution is 5.41. The van der Waals surface area contributed by atoms with E-state index in [1.54, 1.807) is 0 Å². The standard InChI is InChI=1S/C17H24N2/c1-6-8-13(2)11-14(3)15(4)12-18-17-10-7-9-16(5)19-17/h6-7,9-10,12-13H,1,3,8,11H2,2,4-5H3,(H,18,19)/b15-12-. The molecule has 1 aromatic heterocycles. The number of anilines is 1. The van der Waals surface area contributed by atoms with Crippen LogP contribution in [0.2, 0.25) is 0 Å². The summed E-state index contributed by atoms with van der Waals surface area (Å²) in [7, 11) is 0. The van der Waals surface area contributed by atoms with E-state index in [9.17, 15) is 0 Å². The molecule has 0 bridgehead atoms. The quantitative estimate of drug-likeness (QED) is 0.556. The van der Waals surface area contributed by atoms with Crippen molar-refractivity contribution in [1.82, 2.24) is 4.98 Å². The normalized spacial score (nSPS) is 12.9. The molecule has 0 aromatic carbocycles. The number of hydrogen-bond donors (Lipinski definition) is 1. The van der Waals surface area contributed by atoms with Gasteiger partial charge in [-0.1, -0.05) is 31.2 Å². The fourth-order valence-corrected chi connectivity index (χ4v) is 1.86. The number of rotatable bonds is 7. The van der Waals surface area contributed by atoms with Gasteiger partial charge in [0.25, 0.3) is 0 Å². The zero-order valence-electron chi connectivity index (χ0n) is 12.2. The van der Waals surface area contributed by atoms with E-state index in [2.05, 4.69) is 37.3 Å². The summed E-state index contributed by atoms with van der Waals surface area (Å²) >= 11 is 0. The first kappa shape index (κ1) is 15.2. The van der Waals surface area contributed by atoms with Crippen LogP contribution in [0, 0.1) is 12.8 Å². The lowest BCUT2D eigenvalue weighted by molar-refractivity contribution is 0.590. The lowest BCUT2D eigenvalue weighted by atomic mass is 9.95. The molecule has 0 radical (unpaired) electrons. The second-order valence-electron chi connectivity index (χ2n) is 5.07. The first-order valence-electron chi connectivity index (χ1n) is 6.69. The summed E-state index contributed by atoms with van der Waals surface area (Å²) in [6.45, 7) is 14.2. The summed E-state index contributed by atoms with van der Waals surface area (Å²) < 4.78 is 0. The summed E-state index contributed by atoms with van der Waals surface area (Å²) in [5.41, 5.74) is 3.34. The molecule has 1 rings (SSSR count). The maximum absolute atomic E-state index is 4.40. The molecule has 1 N–H and O–H groups in total. The van der Waals surface area contributed by atoms with Gasteiger partial charge in [-0.25, -0.2) is 4.98 Å². The molecule has 0 aliphatic heterocycles. The molecule has 2 nitrogen and oxygen atoms in total. The summed E-state index contributed by atoms with van der Waals surface area (Å²) in [6, 6.07) is 5.94. The van der Waals surface area contributed by atoms with E-state index in [-0.39, 0.29) is 0 Å². The molecule has 0 aliphatic rings. The summed E-state index contributed by atoms with van der Waals surface area (Å²) in [5, 5.41) is 3.22. The zero-order chi connectivity index (χ0) is 14.3. The van der Waals surface area contributed by atoms with Crippen LogP contribution in [0.5, 0.6) is 0 Å². The van der Waals surface area contributed by atoms with E-state index in [1.165, 1.54) is 5.57 Å². The highest BCUT2D eigenvalue weighted by Crippen LogP contribution is 2.19. The molecule has 1 aromatic rings. The fourth-order valence-electron chi connectivity index (χ4n) is 1.86. The summed E-state index contributed by atoms with van der Waals surface area (Å²) in [6.07, 6.45) is 5.97. The van der Waals surface area contributed by atoms with E-state index in [1.807, 2.05) is 37.4 Å². The first-order valence-corrected chi connectivity index (χ1v) is 6.69. The van der Waals surface area contributed by atoms with Gasteiger partial charge >= 0.3 is 0 Å². The molecule has 102 valence electrons. The Morgan fingerprint density at radius 1 is 1.47 bits per heavy atom. The van der Waals surface area contributed by atoms with E-state index in [0.717, 1.165) is 29.9 Å². The van der Waals surface area contributed by atoms with Crippen molar-refractivity contribution in [2.45, 2.75) is 33.6 Å². The smallest absolute Gasteiger partial charge is 0.130 e. The molecule has 0 spiro atoms. The molecule has 1 heterocycles. The Kier molecular flexibility index (Phi) is 6.07.